The molecule has 0 aromatic carbocycles. The predicted octanol–water partition coefficient (Wildman–Crippen LogP) is 1.68. The van der Waals surface area contributed by atoms with Crippen LogP contribution in [0.1, 0.15) is 27.7 Å². The largest absolute Gasteiger partial charge is 0.396 e. The minimum absolute atomic E-state index is 0.169. The minimum Gasteiger partial charge on any atom is -0.396 e. The molecule has 0 bridgehead atoms. The van der Waals surface area contributed by atoms with Crippen LogP contribution < -0.4 is 0 Å². The van der Waals surface area contributed by atoms with Crippen LogP contribution in [0.2, 0.25) is 0 Å². The lowest BCUT2D eigenvalue weighted by Gasteiger charge is -2.19. The fourth-order valence-corrected chi connectivity index (χ4v) is 0.657. The molecular formula is C9H20O2. The van der Waals surface area contributed by atoms with E-state index in [1.54, 1.807) is 0 Å². The molecule has 1 N–H and O–H groups in total. The summed E-state index contributed by atoms with van der Waals surface area (Å²) >= 11 is 0. The van der Waals surface area contributed by atoms with Crippen LogP contribution in [0.3, 0.4) is 0 Å². The molecule has 68 valence electrons. The van der Waals surface area contributed by atoms with Gasteiger partial charge in [-0.2, -0.15) is 0 Å². The van der Waals surface area contributed by atoms with E-state index in [1.807, 2.05) is 13.8 Å². The SMILES string of the molecule is CC(C)COC(C)C(C)CO. The van der Waals surface area contributed by atoms with Crippen LogP contribution in [0.25, 0.3) is 0 Å². The van der Waals surface area contributed by atoms with E-state index in [0.29, 0.717) is 5.92 Å². The van der Waals surface area contributed by atoms with Crippen LogP contribution in [0.15, 0.2) is 0 Å². The molecule has 0 fully saturated rings. The van der Waals surface area contributed by atoms with Crippen molar-refractivity contribution >= 4 is 0 Å². The Kier molecular flexibility index (Phi) is 5.51. The van der Waals surface area contributed by atoms with Gasteiger partial charge >= 0.3 is 0 Å². The first-order valence-corrected chi connectivity index (χ1v) is 4.30. The van der Waals surface area contributed by atoms with Crippen molar-refractivity contribution < 1.29 is 9.84 Å². The maximum absolute atomic E-state index is 8.79. The van der Waals surface area contributed by atoms with E-state index in [4.69, 9.17) is 9.84 Å². The monoisotopic (exact) mass is 160 g/mol. The van der Waals surface area contributed by atoms with Crippen molar-refractivity contribution in [2.45, 2.75) is 33.8 Å². The Morgan fingerprint density at radius 1 is 1.18 bits per heavy atom. The highest BCUT2D eigenvalue weighted by molar-refractivity contribution is 4.59. The van der Waals surface area contributed by atoms with Crippen molar-refractivity contribution in [2.24, 2.45) is 11.8 Å². The summed E-state index contributed by atoms with van der Waals surface area (Å²) in [5, 5.41) is 8.79. The van der Waals surface area contributed by atoms with E-state index < -0.39 is 0 Å². The molecular weight excluding hydrogens is 140 g/mol. The molecule has 2 atom stereocenters. The molecule has 0 aromatic rings. The van der Waals surface area contributed by atoms with Crippen LogP contribution in [-0.4, -0.2) is 24.4 Å². The van der Waals surface area contributed by atoms with Gasteiger partial charge in [0, 0.05) is 19.1 Å². The number of aliphatic hydroxyl groups excluding tert-OH is 1. The molecule has 0 saturated heterocycles. The Bertz CT molecular complexity index is 91.6. The van der Waals surface area contributed by atoms with Gasteiger partial charge in [0.1, 0.15) is 0 Å². The van der Waals surface area contributed by atoms with Gasteiger partial charge in [0.15, 0.2) is 0 Å². The average Bonchev–Trinajstić information content (AvgIpc) is 1.98. The van der Waals surface area contributed by atoms with Crippen molar-refractivity contribution in [2.75, 3.05) is 13.2 Å². The number of hydrogen-bond acceptors (Lipinski definition) is 2. The number of hydrogen-bond donors (Lipinski definition) is 1. The molecule has 11 heavy (non-hydrogen) atoms. The summed E-state index contributed by atoms with van der Waals surface area (Å²) in [5.41, 5.74) is 0. The predicted molar refractivity (Wildman–Crippen MR) is 46.5 cm³/mol. The Hall–Kier alpha value is -0.0800. The maximum atomic E-state index is 8.79. The Labute approximate surface area is 69.6 Å². The third-order valence-electron chi connectivity index (χ3n) is 1.78. The quantitative estimate of drug-likeness (QED) is 0.663. The van der Waals surface area contributed by atoms with Gasteiger partial charge in [-0.05, 0) is 12.8 Å². The fourth-order valence-electron chi connectivity index (χ4n) is 0.657. The first-order chi connectivity index (χ1) is 5.07. The fraction of sp³-hybridized carbons (Fsp3) is 1.00. The van der Waals surface area contributed by atoms with E-state index in [0.717, 1.165) is 6.61 Å². The number of aliphatic hydroxyl groups is 1. The second-order valence-corrected chi connectivity index (χ2v) is 3.59. The van der Waals surface area contributed by atoms with Crippen LogP contribution in [-0.2, 0) is 4.74 Å². The second kappa shape index (κ2) is 5.56. The smallest absolute Gasteiger partial charge is 0.0594 e. The van der Waals surface area contributed by atoms with E-state index >= 15 is 0 Å². The van der Waals surface area contributed by atoms with Gasteiger partial charge in [0.05, 0.1) is 6.10 Å². The molecule has 0 radical (unpaired) electrons. The summed E-state index contributed by atoms with van der Waals surface area (Å²) in [4.78, 5) is 0. The highest BCUT2D eigenvalue weighted by Crippen LogP contribution is 2.07. The van der Waals surface area contributed by atoms with Gasteiger partial charge in [0.2, 0.25) is 0 Å². The number of ether oxygens (including phenoxy) is 1. The third-order valence-corrected chi connectivity index (χ3v) is 1.78. The molecule has 0 aliphatic heterocycles. The molecule has 0 saturated carbocycles. The third kappa shape index (κ3) is 5.22. The Balaban J connectivity index is 3.43. The van der Waals surface area contributed by atoms with Crippen molar-refractivity contribution in [1.82, 2.24) is 0 Å². The van der Waals surface area contributed by atoms with Crippen LogP contribution >= 0.6 is 0 Å². The molecule has 0 heterocycles. The van der Waals surface area contributed by atoms with Gasteiger partial charge in [0.25, 0.3) is 0 Å². The van der Waals surface area contributed by atoms with E-state index in [2.05, 4.69) is 13.8 Å². The normalized spacial score (nSPS) is 16.9. The van der Waals surface area contributed by atoms with Gasteiger partial charge in [-0.1, -0.05) is 20.8 Å². The summed E-state index contributed by atoms with van der Waals surface area (Å²) < 4.78 is 5.50. The minimum atomic E-state index is 0.169. The Morgan fingerprint density at radius 2 is 1.73 bits per heavy atom. The second-order valence-electron chi connectivity index (χ2n) is 3.59. The zero-order valence-corrected chi connectivity index (χ0v) is 8.00. The molecule has 0 aliphatic carbocycles. The Morgan fingerprint density at radius 3 is 2.09 bits per heavy atom. The van der Waals surface area contributed by atoms with Crippen molar-refractivity contribution in [3.63, 3.8) is 0 Å². The number of rotatable bonds is 5. The molecule has 0 aromatic heterocycles. The zero-order valence-electron chi connectivity index (χ0n) is 8.00. The van der Waals surface area contributed by atoms with E-state index in [-0.39, 0.29) is 18.6 Å². The first kappa shape index (κ1) is 10.9. The van der Waals surface area contributed by atoms with Crippen molar-refractivity contribution in [3.05, 3.63) is 0 Å². The van der Waals surface area contributed by atoms with Gasteiger partial charge in [-0.15, -0.1) is 0 Å². The van der Waals surface area contributed by atoms with Crippen LogP contribution in [0.5, 0.6) is 0 Å². The van der Waals surface area contributed by atoms with E-state index in [1.165, 1.54) is 0 Å². The van der Waals surface area contributed by atoms with Crippen molar-refractivity contribution in [1.29, 1.82) is 0 Å². The molecule has 0 aliphatic rings. The van der Waals surface area contributed by atoms with Gasteiger partial charge < -0.3 is 9.84 Å². The topological polar surface area (TPSA) is 29.5 Å². The lowest BCUT2D eigenvalue weighted by Crippen LogP contribution is -2.22. The molecule has 0 rings (SSSR count). The molecule has 0 amide bonds. The highest BCUT2D eigenvalue weighted by atomic mass is 16.5. The maximum Gasteiger partial charge on any atom is 0.0594 e. The summed E-state index contributed by atoms with van der Waals surface area (Å²) in [5.74, 6) is 0.817. The first-order valence-electron chi connectivity index (χ1n) is 4.30. The average molecular weight is 160 g/mol. The van der Waals surface area contributed by atoms with E-state index in [9.17, 15) is 0 Å². The standard InChI is InChI=1S/C9H20O2/c1-7(2)6-11-9(4)8(3)5-10/h7-10H,5-6H2,1-4H3. The lowest BCUT2D eigenvalue weighted by molar-refractivity contribution is -0.000680. The molecule has 0 spiro atoms. The van der Waals surface area contributed by atoms with Crippen LogP contribution in [0, 0.1) is 11.8 Å². The summed E-state index contributed by atoms with van der Waals surface area (Å²) in [7, 11) is 0. The zero-order chi connectivity index (χ0) is 8.85. The van der Waals surface area contributed by atoms with Crippen molar-refractivity contribution in [3.8, 4) is 0 Å². The van der Waals surface area contributed by atoms with Gasteiger partial charge in [-0.25, -0.2) is 0 Å². The van der Waals surface area contributed by atoms with Gasteiger partial charge in [-0.3, -0.25) is 0 Å². The molecule has 2 nitrogen and oxygen atoms in total. The van der Waals surface area contributed by atoms with Crippen LogP contribution in [0.4, 0.5) is 0 Å². The lowest BCUT2D eigenvalue weighted by atomic mass is 10.1. The highest BCUT2D eigenvalue weighted by Gasteiger charge is 2.11. The summed E-state index contributed by atoms with van der Waals surface area (Å²) in [6, 6.07) is 0. The molecule has 2 unspecified atom stereocenters. The summed E-state index contributed by atoms with van der Waals surface area (Å²) in [6.07, 6.45) is 0.169. The molecule has 2 heteroatoms. The summed E-state index contributed by atoms with van der Waals surface area (Å²) in [6.45, 7) is 9.23.